The molecule has 0 heterocycles. The van der Waals surface area contributed by atoms with E-state index in [4.69, 9.17) is 15.9 Å². The molecule has 1 aromatic rings. The van der Waals surface area contributed by atoms with Crippen LogP contribution in [-0.2, 0) is 0 Å². The van der Waals surface area contributed by atoms with Crippen LogP contribution in [0.2, 0.25) is 0 Å². The summed E-state index contributed by atoms with van der Waals surface area (Å²) in [5.41, 5.74) is 0.778. The molecule has 0 radical (unpaired) electrons. The minimum atomic E-state index is -0.527. The minimum Gasteiger partial charge on any atom is -0.493 e. The van der Waals surface area contributed by atoms with Gasteiger partial charge in [0.15, 0.2) is 11.5 Å². The lowest BCUT2D eigenvalue weighted by atomic mass is 10.1. The molecule has 1 N–H and O–H groups in total. The van der Waals surface area contributed by atoms with Crippen molar-refractivity contribution in [3.05, 3.63) is 23.8 Å². The second kappa shape index (κ2) is 5.28. The van der Waals surface area contributed by atoms with E-state index in [1.807, 2.05) is 0 Å². The maximum atomic E-state index is 9.38. The van der Waals surface area contributed by atoms with E-state index < -0.39 is 6.10 Å². The number of ether oxygens (including phenoxy) is 2. The van der Waals surface area contributed by atoms with Gasteiger partial charge < -0.3 is 14.6 Å². The Morgan fingerprint density at radius 3 is 2.73 bits per heavy atom. The van der Waals surface area contributed by atoms with Gasteiger partial charge in [0.1, 0.15) is 6.61 Å². The molecule has 0 fully saturated rings. The smallest absolute Gasteiger partial charge is 0.162 e. The van der Waals surface area contributed by atoms with Gasteiger partial charge in [-0.05, 0) is 24.6 Å². The predicted octanol–water partition coefficient (Wildman–Crippen LogP) is 1.76. The molecular weight excluding hydrogens is 192 g/mol. The lowest BCUT2D eigenvalue weighted by molar-refractivity contribution is 0.198. The van der Waals surface area contributed by atoms with Crippen LogP contribution in [0.1, 0.15) is 18.6 Å². The molecule has 1 unspecified atom stereocenters. The maximum Gasteiger partial charge on any atom is 0.162 e. The van der Waals surface area contributed by atoms with E-state index in [1.54, 1.807) is 32.2 Å². The highest BCUT2D eigenvalue weighted by atomic mass is 16.5. The van der Waals surface area contributed by atoms with E-state index in [0.29, 0.717) is 11.5 Å². The summed E-state index contributed by atoms with van der Waals surface area (Å²) in [5.74, 6) is 3.53. The fourth-order valence-corrected chi connectivity index (χ4v) is 1.18. The van der Waals surface area contributed by atoms with Crippen LogP contribution in [0.15, 0.2) is 18.2 Å². The molecule has 0 aliphatic rings. The number of benzene rings is 1. The number of aliphatic hydroxyl groups excluding tert-OH is 1. The van der Waals surface area contributed by atoms with Gasteiger partial charge in [0.05, 0.1) is 13.2 Å². The minimum absolute atomic E-state index is 0.199. The van der Waals surface area contributed by atoms with Crippen LogP contribution in [0, 0.1) is 12.3 Å². The lowest BCUT2D eigenvalue weighted by Gasteiger charge is -2.11. The molecule has 0 aromatic heterocycles. The van der Waals surface area contributed by atoms with Crippen molar-refractivity contribution in [2.24, 2.45) is 0 Å². The van der Waals surface area contributed by atoms with Gasteiger partial charge in [-0.3, -0.25) is 0 Å². The molecular formula is C12H14O3. The molecule has 0 bridgehead atoms. The molecule has 3 nitrogen and oxygen atoms in total. The van der Waals surface area contributed by atoms with E-state index in [9.17, 15) is 5.11 Å². The normalized spacial score (nSPS) is 11.6. The highest BCUT2D eigenvalue weighted by Crippen LogP contribution is 2.30. The van der Waals surface area contributed by atoms with Crippen LogP contribution in [0.25, 0.3) is 0 Å². The molecule has 80 valence electrons. The first-order chi connectivity index (χ1) is 7.19. The van der Waals surface area contributed by atoms with E-state index in [1.165, 1.54) is 0 Å². The molecule has 1 aromatic carbocycles. The molecule has 1 rings (SSSR count). The highest BCUT2D eigenvalue weighted by molar-refractivity contribution is 5.43. The average Bonchev–Trinajstić information content (AvgIpc) is 2.25. The maximum absolute atomic E-state index is 9.38. The topological polar surface area (TPSA) is 38.7 Å². The van der Waals surface area contributed by atoms with Gasteiger partial charge in [-0.2, -0.15) is 0 Å². The Bertz CT molecular complexity index is 364. The zero-order valence-corrected chi connectivity index (χ0v) is 8.86. The second-order valence-corrected chi connectivity index (χ2v) is 3.08. The summed E-state index contributed by atoms with van der Waals surface area (Å²) >= 11 is 0. The number of hydrogen-bond acceptors (Lipinski definition) is 3. The SMILES string of the molecule is C#CCOc1ccc(C(C)O)cc1OC. The van der Waals surface area contributed by atoms with E-state index in [2.05, 4.69) is 5.92 Å². The van der Waals surface area contributed by atoms with Gasteiger partial charge in [0.25, 0.3) is 0 Å². The number of methoxy groups -OCH3 is 1. The molecule has 3 heteroatoms. The van der Waals surface area contributed by atoms with Crippen LogP contribution >= 0.6 is 0 Å². The summed E-state index contributed by atoms with van der Waals surface area (Å²) in [6.45, 7) is 1.89. The molecule has 0 saturated carbocycles. The van der Waals surface area contributed by atoms with Crippen LogP contribution in [-0.4, -0.2) is 18.8 Å². The Balaban J connectivity index is 2.94. The van der Waals surface area contributed by atoms with Crippen molar-refractivity contribution < 1.29 is 14.6 Å². The summed E-state index contributed by atoms with van der Waals surface area (Å²) in [6.07, 6.45) is 4.56. The van der Waals surface area contributed by atoms with Crippen LogP contribution < -0.4 is 9.47 Å². The van der Waals surface area contributed by atoms with Crippen LogP contribution in [0.5, 0.6) is 11.5 Å². The monoisotopic (exact) mass is 206 g/mol. The largest absolute Gasteiger partial charge is 0.493 e. The first kappa shape index (κ1) is 11.4. The number of rotatable bonds is 4. The van der Waals surface area contributed by atoms with Gasteiger partial charge in [-0.25, -0.2) is 0 Å². The molecule has 0 spiro atoms. The van der Waals surface area contributed by atoms with Crippen molar-refractivity contribution in [2.45, 2.75) is 13.0 Å². The summed E-state index contributed by atoms with van der Waals surface area (Å²) in [4.78, 5) is 0. The molecule has 1 atom stereocenters. The molecule has 0 amide bonds. The Hall–Kier alpha value is -1.66. The van der Waals surface area contributed by atoms with E-state index in [0.717, 1.165) is 5.56 Å². The quantitative estimate of drug-likeness (QED) is 0.763. The van der Waals surface area contributed by atoms with E-state index in [-0.39, 0.29) is 6.61 Å². The van der Waals surface area contributed by atoms with Crippen molar-refractivity contribution in [1.29, 1.82) is 0 Å². The highest BCUT2D eigenvalue weighted by Gasteiger charge is 2.07. The summed E-state index contributed by atoms with van der Waals surface area (Å²) in [7, 11) is 1.55. The molecule has 15 heavy (non-hydrogen) atoms. The van der Waals surface area contributed by atoms with E-state index >= 15 is 0 Å². The molecule has 0 aliphatic carbocycles. The average molecular weight is 206 g/mol. The van der Waals surface area contributed by atoms with Crippen LogP contribution in [0.3, 0.4) is 0 Å². The third-order valence-corrected chi connectivity index (χ3v) is 1.98. The molecule has 0 aliphatic heterocycles. The van der Waals surface area contributed by atoms with Gasteiger partial charge in [-0.1, -0.05) is 12.0 Å². The summed E-state index contributed by atoms with van der Waals surface area (Å²) in [6, 6.07) is 5.24. The van der Waals surface area contributed by atoms with Crippen molar-refractivity contribution in [2.75, 3.05) is 13.7 Å². The fourth-order valence-electron chi connectivity index (χ4n) is 1.18. The van der Waals surface area contributed by atoms with Crippen molar-refractivity contribution in [3.63, 3.8) is 0 Å². The third kappa shape index (κ3) is 2.90. The van der Waals surface area contributed by atoms with Crippen LogP contribution in [0.4, 0.5) is 0 Å². The Morgan fingerprint density at radius 2 is 2.20 bits per heavy atom. The van der Waals surface area contributed by atoms with Gasteiger partial charge in [-0.15, -0.1) is 6.42 Å². The first-order valence-electron chi connectivity index (χ1n) is 4.61. The molecule has 0 saturated heterocycles. The van der Waals surface area contributed by atoms with Crippen molar-refractivity contribution >= 4 is 0 Å². The number of hydrogen-bond donors (Lipinski definition) is 1. The second-order valence-electron chi connectivity index (χ2n) is 3.08. The van der Waals surface area contributed by atoms with Crippen molar-refractivity contribution in [1.82, 2.24) is 0 Å². The zero-order chi connectivity index (χ0) is 11.3. The number of aliphatic hydroxyl groups is 1. The Kier molecular flexibility index (Phi) is 4.02. The Morgan fingerprint density at radius 1 is 1.47 bits per heavy atom. The first-order valence-corrected chi connectivity index (χ1v) is 4.61. The standard InChI is InChI=1S/C12H14O3/c1-4-7-15-11-6-5-10(9(2)13)8-12(11)14-3/h1,5-6,8-9,13H,7H2,2-3H3. The summed E-state index contributed by atoms with van der Waals surface area (Å²) in [5, 5.41) is 9.38. The third-order valence-electron chi connectivity index (χ3n) is 1.98. The van der Waals surface area contributed by atoms with Crippen molar-refractivity contribution in [3.8, 4) is 23.8 Å². The fraction of sp³-hybridized carbons (Fsp3) is 0.333. The number of terminal acetylenes is 1. The van der Waals surface area contributed by atoms with Gasteiger partial charge in [0.2, 0.25) is 0 Å². The summed E-state index contributed by atoms with van der Waals surface area (Å²) < 4.78 is 10.4. The zero-order valence-electron chi connectivity index (χ0n) is 8.86. The van der Waals surface area contributed by atoms with Gasteiger partial charge in [0, 0.05) is 0 Å². The lowest BCUT2D eigenvalue weighted by Crippen LogP contribution is -1.98. The Labute approximate surface area is 89.6 Å². The van der Waals surface area contributed by atoms with Gasteiger partial charge >= 0.3 is 0 Å². The predicted molar refractivity (Wildman–Crippen MR) is 58.0 cm³/mol.